The number of rotatable bonds is 7. The van der Waals surface area contributed by atoms with Gasteiger partial charge in [-0.15, -0.1) is 0 Å². The quantitative estimate of drug-likeness (QED) is 0.155. The third-order valence-electron chi connectivity index (χ3n) is 8.54. The van der Waals surface area contributed by atoms with Gasteiger partial charge in [-0.3, -0.25) is 0 Å². The minimum Gasteiger partial charge on any atom is -0.497 e. The molecule has 0 aliphatic heterocycles. The first-order chi connectivity index (χ1) is 23.8. The van der Waals surface area contributed by atoms with Gasteiger partial charge in [0, 0.05) is 22.4 Å². The molecular weight excluding hydrogens is 932 g/mol. The normalized spacial score (nSPS) is 11.1. The Morgan fingerprint density at radius 2 is 0.429 bits per heavy atom. The Labute approximate surface area is 329 Å². The molecule has 0 N–H and O–H groups in total. The molecule has 0 aliphatic carbocycles. The lowest BCUT2D eigenvalue weighted by Crippen LogP contribution is -2.02. The van der Waals surface area contributed by atoms with E-state index in [9.17, 15) is 0 Å². The molecule has 0 saturated carbocycles. The van der Waals surface area contributed by atoms with Crippen molar-refractivity contribution in [2.45, 2.75) is 0 Å². The summed E-state index contributed by atoms with van der Waals surface area (Å²) in [7, 11) is 1.71. The zero-order valence-corrected chi connectivity index (χ0v) is 34.1. The highest BCUT2D eigenvalue weighted by atomic mass is 79.9. The van der Waals surface area contributed by atoms with Gasteiger partial charge in [0.2, 0.25) is 0 Å². The lowest BCUT2D eigenvalue weighted by atomic mass is 9.74. The maximum absolute atomic E-state index is 5.63. The minimum atomic E-state index is 0.812. The van der Waals surface area contributed by atoms with Gasteiger partial charge >= 0.3 is 0 Å². The molecule has 0 fully saturated rings. The average Bonchev–Trinajstić information content (AvgIpc) is 3.12. The first kappa shape index (κ1) is 34.2. The highest BCUT2D eigenvalue weighted by Crippen LogP contribution is 2.56. The molecule has 0 atom stereocenters. The molecule has 0 radical (unpaired) electrons. The van der Waals surface area contributed by atoms with Gasteiger partial charge in [0.05, 0.1) is 7.11 Å². The van der Waals surface area contributed by atoms with Gasteiger partial charge in [-0.1, -0.05) is 152 Å². The van der Waals surface area contributed by atoms with E-state index >= 15 is 0 Å². The van der Waals surface area contributed by atoms with E-state index in [0.717, 1.165) is 94.9 Å². The molecule has 0 aliphatic rings. The molecule has 0 saturated heterocycles. The van der Waals surface area contributed by atoms with E-state index < -0.39 is 0 Å². The Morgan fingerprint density at radius 3 is 0.592 bits per heavy atom. The second-order valence-corrected chi connectivity index (χ2v) is 16.1. The van der Waals surface area contributed by atoms with Gasteiger partial charge in [-0.05, 0) is 140 Å². The van der Waals surface area contributed by atoms with E-state index in [2.05, 4.69) is 213 Å². The first-order valence-electron chi connectivity index (χ1n) is 15.5. The number of methoxy groups -OCH3 is 1. The summed E-state index contributed by atoms with van der Waals surface area (Å²) in [6.07, 6.45) is 0. The first-order valence-corrected chi connectivity index (χ1v) is 19.5. The SMILES string of the molecule is COc1ccc(-c2c(-c3ccc(Br)cc3)c(-c3ccc(Br)cc3)c(-c3ccc(Br)cc3)c(-c3ccc(Br)cc3)c2-c2ccc(Br)cc2)cc1. The lowest BCUT2D eigenvalue weighted by Gasteiger charge is -2.29. The van der Waals surface area contributed by atoms with Crippen molar-refractivity contribution >= 4 is 79.6 Å². The van der Waals surface area contributed by atoms with Crippen molar-refractivity contribution in [3.05, 3.63) is 168 Å². The molecule has 0 heterocycles. The van der Waals surface area contributed by atoms with E-state index in [4.69, 9.17) is 4.74 Å². The number of halogens is 5. The fraction of sp³-hybridized carbons (Fsp3) is 0.0233. The topological polar surface area (TPSA) is 9.23 Å². The van der Waals surface area contributed by atoms with Crippen LogP contribution in [0.3, 0.4) is 0 Å². The molecule has 0 amide bonds. The number of ether oxygens (including phenoxy) is 1. The molecule has 6 heteroatoms. The zero-order valence-electron chi connectivity index (χ0n) is 26.2. The molecule has 240 valence electrons. The molecule has 7 aromatic rings. The average molecular weight is 959 g/mol. The van der Waals surface area contributed by atoms with Gasteiger partial charge in [0.15, 0.2) is 0 Å². The zero-order chi connectivity index (χ0) is 34.1. The molecule has 0 aromatic heterocycles. The van der Waals surface area contributed by atoms with E-state index in [1.807, 2.05) is 12.1 Å². The van der Waals surface area contributed by atoms with Crippen LogP contribution < -0.4 is 4.74 Å². The third-order valence-corrected chi connectivity index (χ3v) is 11.2. The van der Waals surface area contributed by atoms with Crippen LogP contribution in [0.1, 0.15) is 0 Å². The molecule has 49 heavy (non-hydrogen) atoms. The van der Waals surface area contributed by atoms with Crippen LogP contribution in [-0.4, -0.2) is 7.11 Å². The van der Waals surface area contributed by atoms with Crippen LogP contribution in [-0.2, 0) is 0 Å². The lowest BCUT2D eigenvalue weighted by molar-refractivity contribution is 0.415. The van der Waals surface area contributed by atoms with Crippen LogP contribution in [0.25, 0.3) is 66.8 Å². The smallest absolute Gasteiger partial charge is 0.118 e. The van der Waals surface area contributed by atoms with E-state index in [-0.39, 0.29) is 0 Å². The summed E-state index contributed by atoms with van der Waals surface area (Å²) in [5, 5.41) is 0. The van der Waals surface area contributed by atoms with Gasteiger partial charge < -0.3 is 4.74 Å². The van der Waals surface area contributed by atoms with E-state index in [0.29, 0.717) is 0 Å². The molecular formula is C43H27Br5O. The Morgan fingerprint density at radius 1 is 0.265 bits per heavy atom. The Kier molecular flexibility index (Phi) is 10.4. The summed E-state index contributed by atoms with van der Waals surface area (Å²) in [6.45, 7) is 0. The van der Waals surface area contributed by atoms with Crippen molar-refractivity contribution in [2.24, 2.45) is 0 Å². The van der Waals surface area contributed by atoms with Crippen molar-refractivity contribution in [2.75, 3.05) is 7.11 Å². The monoisotopic (exact) mass is 954 g/mol. The summed E-state index contributed by atoms with van der Waals surface area (Å²) in [5.74, 6) is 0.812. The minimum absolute atomic E-state index is 0.812. The van der Waals surface area contributed by atoms with Crippen molar-refractivity contribution in [1.29, 1.82) is 0 Å². The van der Waals surface area contributed by atoms with Crippen molar-refractivity contribution < 1.29 is 4.74 Å². The van der Waals surface area contributed by atoms with Crippen LogP contribution in [0.15, 0.2) is 168 Å². The number of hydrogen-bond acceptors (Lipinski definition) is 1. The predicted molar refractivity (Wildman–Crippen MR) is 224 cm³/mol. The molecule has 0 spiro atoms. The number of hydrogen-bond donors (Lipinski definition) is 0. The standard InChI is InChI=1S/C43H27Br5O/c1-49-37-24-12-31(13-25-37)43-41(29-8-20-35(47)21-9-29)39(27-4-16-33(45)17-5-27)38(26-2-14-32(44)15-3-26)40(28-6-18-34(46)19-7-28)42(43)30-10-22-36(48)23-11-30/h2-25H,1H3. The Balaban J connectivity index is 1.80. The van der Waals surface area contributed by atoms with Gasteiger partial charge in [0.1, 0.15) is 5.75 Å². The second-order valence-electron chi connectivity index (χ2n) is 11.5. The predicted octanol–water partition coefficient (Wildman–Crippen LogP) is 15.5. The van der Waals surface area contributed by atoms with Gasteiger partial charge in [-0.2, -0.15) is 0 Å². The second kappa shape index (κ2) is 14.9. The maximum Gasteiger partial charge on any atom is 0.118 e. The molecule has 0 unspecified atom stereocenters. The highest BCUT2D eigenvalue weighted by Gasteiger charge is 2.29. The summed E-state index contributed by atoms with van der Waals surface area (Å²) < 4.78 is 10.8. The van der Waals surface area contributed by atoms with Crippen LogP contribution in [0.2, 0.25) is 0 Å². The van der Waals surface area contributed by atoms with Crippen LogP contribution in [0.5, 0.6) is 5.75 Å². The molecule has 7 aromatic carbocycles. The molecule has 1 nitrogen and oxygen atoms in total. The van der Waals surface area contributed by atoms with Crippen molar-refractivity contribution in [3.63, 3.8) is 0 Å². The maximum atomic E-state index is 5.63. The highest BCUT2D eigenvalue weighted by molar-refractivity contribution is 9.11. The van der Waals surface area contributed by atoms with Crippen LogP contribution in [0, 0.1) is 0 Å². The summed E-state index contributed by atoms with van der Waals surface area (Å²) in [6, 6.07) is 51.9. The van der Waals surface area contributed by atoms with E-state index in [1.54, 1.807) is 7.11 Å². The molecule has 7 rings (SSSR count). The Hall–Kier alpha value is -3.26. The van der Waals surface area contributed by atoms with Crippen molar-refractivity contribution in [3.8, 4) is 72.5 Å². The van der Waals surface area contributed by atoms with Gasteiger partial charge in [0.25, 0.3) is 0 Å². The van der Waals surface area contributed by atoms with Crippen LogP contribution in [0.4, 0.5) is 0 Å². The largest absolute Gasteiger partial charge is 0.497 e. The summed E-state index contributed by atoms with van der Waals surface area (Å²) in [4.78, 5) is 0. The number of benzene rings is 7. The van der Waals surface area contributed by atoms with E-state index in [1.165, 1.54) is 0 Å². The molecule has 0 bridgehead atoms. The fourth-order valence-electron chi connectivity index (χ4n) is 6.32. The Bertz CT molecular complexity index is 2130. The fourth-order valence-corrected chi connectivity index (χ4v) is 7.64. The summed E-state index contributed by atoms with van der Waals surface area (Å²) in [5.41, 5.74) is 13.6. The summed E-state index contributed by atoms with van der Waals surface area (Å²) >= 11 is 18.5. The van der Waals surface area contributed by atoms with Gasteiger partial charge in [-0.25, -0.2) is 0 Å². The van der Waals surface area contributed by atoms with Crippen molar-refractivity contribution in [1.82, 2.24) is 0 Å². The van der Waals surface area contributed by atoms with Crippen LogP contribution >= 0.6 is 79.6 Å². The third kappa shape index (κ3) is 7.17.